The Labute approximate surface area is 183 Å². The first-order chi connectivity index (χ1) is 15.0. The van der Waals surface area contributed by atoms with Crippen molar-refractivity contribution in [3.63, 3.8) is 0 Å². The summed E-state index contributed by atoms with van der Waals surface area (Å²) in [6, 6.07) is 14.9. The number of carbonyl (C=O) groups excluding carboxylic acids is 2. The van der Waals surface area contributed by atoms with Crippen LogP contribution >= 0.6 is 0 Å². The fourth-order valence-corrected chi connectivity index (χ4v) is 3.40. The highest BCUT2D eigenvalue weighted by Crippen LogP contribution is 2.31. The predicted octanol–water partition coefficient (Wildman–Crippen LogP) is 4.40. The average molecular weight is 423 g/mol. The average Bonchev–Trinajstić information content (AvgIpc) is 3.01. The van der Waals surface area contributed by atoms with Crippen LogP contribution in [0, 0.1) is 6.92 Å². The zero-order chi connectivity index (χ0) is 22.2. The Morgan fingerprint density at radius 1 is 0.968 bits per heavy atom. The SMILES string of the molecule is CCCCOCCCN1C(=O)C(Nc2cccc(OC)c2)=C(c2ccc(C)cc2)C1=O. The highest BCUT2D eigenvalue weighted by atomic mass is 16.5. The van der Waals surface area contributed by atoms with Gasteiger partial charge in [-0.2, -0.15) is 0 Å². The number of anilines is 1. The number of ether oxygens (including phenoxy) is 2. The summed E-state index contributed by atoms with van der Waals surface area (Å²) in [6.45, 7) is 5.64. The number of hydrogen-bond donors (Lipinski definition) is 1. The summed E-state index contributed by atoms with van der Waals surface area (Å²) in [7, 11) is 1.59. The zero-order valence-electron chi connectivity index (χ0n) is 18.4. The Morgan fingerprint density at radius 2 is 1.71 bits per heavy atom. The lowest BCUT2D eigenvalue weighted by atomic mass is 10.0. The lowest BCUT2D eigenvalue weighted by Gasteiger charge is -2.15. The molecule has 31 heavy (non-hydrogen) atoms. The van der Waals surface area contributed by atoms with Crippen LogP contribution < -0.4 is 10.1 Å². The maximum absolute atomic E-state index is 13.2. The molecule has 6 heteroatoms. The number of nitrogens with one attached hydrogen (secondary N) is 1. The van der Waals surface area contributed by atoms with Gasteiger partial charge in [-0.3, -0.25) is 14.5 Å². The molecule has 1 aliphatic heterocycles. The molecule has 3 rings (SSSR count). The molecule has 0 saturated carbocycles. The second-order valence-electron chi connectivity index (χ2n) is 7.55. The monoisotopic (exact) mass is 422 g/mol. The molecule has 0 unspecified atom stereocenters. The molecule has 6 nitrogen and oxygen atoms in total. The summed E-state index contributed by atoms with van der Waals surface area (Å²) in [6.07, 6.45) is 2.69. The molecule has 1 heterocycles. The second-order valence-corrected chi connectivity index (χ2v) is 7.55. The first-order valence-corrected chi connectivity index (χ1v) is 10.7. The summed E-state index contributed by atoms with van der Waals surface area (Å²) in [5, 5.41) is 3.16. The molecule has 2 aromatic rings. The number of unbranched alkanes of at least 4 members (excludes halogenated alkanes) is 1. The number of carbonyl (C=O) groups is 2. The van der Waals surface area contributed by atoms with Crippen LogP contribution in [0.5, 0.6) is 5.75 Å². The van der Waals surface area contributed by atoms with E-state index in [4.69, 9.17) is 9.47 Å². The number of aryl methyl sites for hydroxylation is 1. The first kappa shape index (κ1) is 22.6. The number of benzene rings is 2. The van der Waals surface area contributed by atoms with E-state index in [1.165, 1.54) is 4.90 Å². The fraction of sp³-hybridized carbons (Fsp3) is 0.360. The number of hydrogen-bond acceptors (Lipinski definition) is 5. The van der Waals surface area contributed by atoms with E-state index in [0.29, 0.717) is 43.2 Å². The van der Waals surface area contributed by atoms with E-state index in [0.717, 1.165) is 24.0 Å². The van der Waals surface area contributed by atoms with Crippen LogP contribution in [0.1, 0.15) is 37.3 Å². The fourth-order valence-electron chi connectivity index (χ4n) is 3.40. The van der Waals surface area contributed by atoms with E-state index in [-0.39, 0.29) is 17.5 Å². The minimum atomic E-state index is -0.322. The third-order valence-electron chi connectivity index (χ3n) is 5.16. The Bertz CT molecular complexity index is 950. The maximum atomic E-state index is 13.2. The summed E-state index contributed by atoms with van der Waals surface area (Å²) < 4.78 is 10.9. The smallest absolute Gasteiger partial charge is 0.278 e. The van der Waals surface area contributed by atoms with E-state index < -0.39 is 0 Å². The zero-order valence-corrected chi connectivity index (χ0v) is 18.4. The standard InChI is InChI=1S/C25H30N2O4/c1-4-5-15-31-16-7-14-27-24(28)22(19-12-10-18(2)11-13-19)23(25(27)29)26-20-8-6-9-21(17-20)30-3/h6,8-13,17,26H,4-5,7,14-16H2,1-3H3. The van der Waals surface area contributed by atoms with Crippen LogP contribution in [-0.2, 0) is 14.3 Å². The number of rotatable bonds is 11. The molecule has 0 atom stereocenters. The van der Waals surface area contributed by atoms with Gasteiger partial charge in [-0.1, -0.05) is 49.2 Å². The molecule has 164 valence electrons. The topological polar surface area (TPSA) is 67.9 Å². The van der Waals surface area contributed by atoms with Crippen LogP contribution in [0.15, 0.2) is 54.2 Å². The normalized spacial score (nSPS) is 13.8. The van der Waals surface area contributed by atoms with E-state index in [1.54, 1.807) is 13.2 Å². The first-order valence-electron chi connectivity index (χ1n) is 10.7. The lowest BCUT2D eigenvalue weighted by molar-refractivity contribution is -0.137. The molecule has 0 aliphatic carbocycles. The van der Waals surface area contributed by atoms with Gasteiger partial charge in [0.25, 0.3) is 11.8 Å². The van der Waals surface area contributed by atoms with E-state index >= 15 is 0 Å². The predicted molar refractivity (Wildman–Crippen MR) is 122 cm³/mol. The maximum Gasteiger partial charge on any atom is 0.278 e. The van der Waals surface area contributed by atoms with Gasteiger partial charge < -0.3 is 14.8 Å². The van der Waals surface area contributed by atoms with Crippen LogP contribution in [-0.4, -0.2) is 43.6 Å². The lowest BCUT2D eigenvalue weighted by Crippen LogP contribution is -2.34. The van der Waals surface area contributed by atoms with Crippen molar-refractivity contribution >= 4 is 23.1 Å². The summed E-state index contributed by atoms with van der Waals surface area (Å²) in [4.78, 5) is 27.7. The molecule has 1 aliphatic rings. The Balaban J connectivity index is 1.83. The van der Waals surface area contributed by atoms with Crippen molar-refractivity contribution < 1.29 is 19.1 Å². The molecule has 2 amide bonds. The van der Waals surface area contributed by atoms with Crippen molar-refractivity contribution in [1.29, 1.82) is 0 Å². The molecule has 0 spiro atoms. The molecular formula is C25H30N2O4. The van der Waals surface area contributed by atoms with E-state index in [9.17, 15) is 9.59 Å². The van der Waals surface area contributed by atoms with Gasteiger partial charge in [0.2, 0.25) is 0 Å². The molecule has 0 saturated heterocycles. The summed E-state index contributed by atoms with van der Waals surface area (Å²) >= 11 is 0. The molecule has 2 aromatic carbocycles. The third-order valence-corrected chi connectivity index (χ3v) is 5.16. The molecular weight excluding hydrogens is 392 g/mol. The van der Waals surface area contributed by atoms with Crippen molar-refractivity contribution in [2.45, 2.75) is 33.1 Å². The Hall–Kier alpha value is -3.12. The van der Waals surface area contributed by atoms with Gasteiger partial charge in [-0.05, 0) is 37.5 Å². The minimum absolute atomic E-state index is 0.284. The number of imide groups is 1. The van der Waals surface area contributed by atoms with Crippen molar-refractivity contribution in [2.24, 2.45) is 0 Å². The molecule has 0 bridgehead atoms. The summed E-state index contributed by atoms with van der Waals surface area (Å²) in [5.74, 6) is 0.0603. The summed E-state index contributed by atoms with van der Waals surface area (Å²) in [5.41, 5.74) is 3.17. The highest BCUT2D eigenvalue weighted by molar-refractivity contribution is 6.36. The number of nitrogens with zero attached hydrogens (tertiary/aromatic N) is 1. The molecule has 0 radical (unpaired) electrons. The van der Waals surface area contributed by atoms with Crippen LogP contribution in [0.2, 0.25) is 0 Å². The van der Waals surface area contributed by atoms with Gasteiger partial charge in [0, 0.05) is 31.5 Å². The van der Waals surface area contributed by atoms with Crippen LogP contribution in [0.25, 0.3) is 5.57 Å². The van der Waals surface area contributed by atoms with E-state index in [2.05, 4.69) is 12.2 Å². The Kier molecular flexibility index (Phi) is 7.84. The van der Waals surface area contributed by atoms with Crippen molar-refractivity contribution in [3.8, 4) is 5.75 Å². The third kappa shape index (κ3) is 5.52. The molecule has 1 N–H and O–H groups in total. The van der Waals surface area contributed by atoms with Crippen molar-refractivity contribution in [2.75, 3.05) is 32.2 Å². The molecule has 0 fully saturated rings. The van der Waals surface area contributed by atoms with Crippen LogP contribution in [0.4, 0.5) is 5.69 Å². The van der Waals surface area contributed by atoms with Crippen LogP contribution in [0.3, 0.4) is 0 Å². The van der Waals surface area contributed by atoms with E-state index in [1.807, 2.05) is 49.4 Å². The van der Waals surface area contributed by atoms with Gasteiger partial charge in [0.05, 0.1) is 12.7 Å². The van der Waals surface area contributed by atoms with Crippen molar-refractivity contribution in [1.82, 2.24) is 4.90 Å². The van der Waals surface area contributed by atoms with Gasteiger partial charge in [-0.15, -0.1) is 0 Å². The minimum Gasteiger partial charge on any atom is -0.497 e. The quantitative estimate of drug-likeness (QED) is 0.429. The van der Waals surface area contributed by atoms with Gasteiger partial charge >= 0.3 is 0 Å². The van der Waals surface area contributed by atoms with Gasteiger partial charge in [0.1, 0.15) is 11.4 Å². The molecule has 0 aromatic heterocycles. The highest BCUT2D eigenvalue weighted by Gasteiger charge is 2.38. The number of amides is 2. The Morgan fingerprint density at radius 3 is 2.42 bits per heavy atom. The largest absolute Gasteiger partial charge is 0.497 e. The van der Waals surface area contributed by atoms with Crippen molar-refractivity contribution in [3.05, 3.63) is 65.4 Å². The van der Waals surface area contributed by atoms with Gasteiger partial charge in [0.15, 0.2) is 0 Å². The second kappa shape index (κ2) is 10.8. The number of methoxy groups -OCH3 is 1. The van der Waals surface area contributed by atoms with Gasteiger partial charge in [-0.25, -0.2) is 0 Å².